The summed E-state index contributed by atoms with van der Waals surface area (Å²) in [7, 11) is 4.95. The zero-order valence-electron chi connectivity index (χ0n) is 37.4. The topological polar surface area (TPSA) is 167 Å². The Bertz CT molecular complexity index is 2110. The fourth-order valence-electron chi connectivity index (χ4n) is 8.70. The summed E-state index contributed by atoms with van der Waals surface area (Å²) in [6.07, 6.45) is 5.28. The number of fused-ring (bicyclic) bond motifs is 2. The molecule has 0 saturated carbocycles. The van der Waals surface area contributed by atoms with Gasteiger partial charge in [-0.3, -0.25) is 19.0 Å². The number of nitrogens with one attached hydrogen (secondary N) is 1. The van der Waals surface area contributed by atoms with Crippen molar-refractivity contribution < 1.29 is 37.9 Å². The smallest absolute Gasteiger partial charge is 0.419 e. The Morgan fingerprint density at radius 1 is 0.873 bits per heavy atom. The Morgan fingerprint density at radius 2 is 1.51 bits per heavy atom. The summed E-state index contributed by atoms with van der Waals surface area (Å²) in [5.74, 6) is 0.221. The lowest BCUT2D eigenvalue weighted by Crippen LogP contribution is -2.51. The van der Waals surface area contributed by atoms with Crippen molar-refractivity contribution in [2.75, 3.05) is 78.4 Å². The second-order valence-corrected chi connectivity index (χ2v) is 17.7. The molecular weight excluding hydrogens is 807 g/mol. The molecule has 5 heterocycles. The van der Waals surface area contributed by atoms with Crippen LogP contribution in [0.4, 0.5) is 15.3 Å². The lowest BCUT2D eigenvalue weighted by atomic mass is 9.98. The number of amides is 5. The minimum atomic E-state index is -1.00. The van der Waals surface area contributed by atoms with Crippen molar-refractivity contribution in [2.24, 2.45) is 18.9 Å². The molecule has 3 saturated heterocycles. The summed E-state index contributed by atoms with van der Waals surface area (Å²) >= 11 is 0. The van der Waals surface area contributed by atoms with Gasteiger partial charge < -0.3 is 43.7 Å². The number of likely N-dealkylation sites (N-methyl/N-ethyl adjacent to an activating group) is 1. The number of likely N-dealkylation sites (tertiary alicyclic amines) is 3. The molecule has 0 aliphatic carbocycles. The maximum absolute atomic E-state index is 13.8. The molecular formula is C47H69N7O9. The number of oxazole rings is 1. The van der Waals surface area contributed by atoms with Crippen LogP contribution in [-0.4, -0.2) is 144 Å². The predicted octanol–water partition coefficient (Wildman–Crippen LogP) is 5.68. The number of esters is 1. The molecule has 0 bridgehead atoms. The van der Waals surface area contributed by atoms with Gasteiger partial charge in [0.25, 0.3) is 11.8 Å². The van der Waals surface area contributed by atoms with Gasteiger partial charge in [0.1, 0.15) is 0 Å². The maximum atomic E-state index is 13.8. The van der Waals surface area contributed by atoms with Crippen LogP contribution in [-0.2, 0) is 43.7 Å². The summed E-state index contributed by atoms with van der Waals surface area (Å²) in [6, 6.07) is 11.4. The first kappa shape index (κ1) is 48.6. The van der Waals surface area contributed by atoms with E-state index in [-0.39, 0.29) is 50.3 Å². The number of carbonyl (C=O) groups is 5. The Balaban J connectivity index is 0.000000333. The molecule has 346 valence electrons. The van der Waals surface area contributed by atoms with Gasteiger partial charge >= 0.3 is 23.8 Å². The normalized spacial score (nSPS) is 18.3. The fourth-order valence-corrected chi connectivity index (χ4v) is 8.70. The van der Waals surface area contributed by atoms with E-state index in [9.17, 15) is 28.8 Å². The number of urea groups is 1. The van der Waals surface area contributed by atoms with Crippen LogP contribution in [0.2, 0.25) is 0 Å². The van der Waals surface area contributed by atoms with Crippen molar-refractivity contribution in [3.8, 4) is 0 Å². The highest BCUT2D eigenvalue weighted by atomic mass is 16.6. The Kier molecular flexibility index (Phi) is 17.2. The number of piperidine rings is 3. The number of hydrogen-bond donors (Lipinski definition) is 1. The second-order valence-electron chi connectivity index (χ2n) is 17.7. The number of nitrogens with zero attached hydrogens (tertiary/aromatic N) is 6. The SMILES string of the molecule is C.CC1CCN(CCC(=O)OCC(=O)N(C)C)CC1.Cc1cc(C[C@@H](OC(=O)N2CCC(N3CCc4ccccc4NC3=O)CC2)C(=O)N2CCC(C)CC2)cc2oc(=O)n(C)c12. The van der Waals surface area contributed by atoms with Gasteiger partial charge in [0.05, 0.1) is 11.9 Å². The Labute approximate surface area is 371 Å². The molecule has 3 aromatic rings. The van der Waals surface area contributed by atoms with Crippen LogP contribution in [0.15, 0.2) is 45.6 Å². The quantitative estimate of drug-likeness (QED) is 0.251. The third-order valence-corrected chi connectivity index (χ3v) is 12.8. The Hall–Kier alpha value is -5.38. The van der Waals surface area contributed by atoms with Gasteiger partial charge in [-0.05, 0) is 106 Å². The van der Waals surface area contributed by atoms with E-state index in [1.807, 2.05) is 42.2 Å². The molecule has 16 nitrogen and oxygen atoms in total. The maximum Gasteiger partial charge on any atom is 0.419 e. The van der Waals surface area contributed by atoms with E-state index in [0.29, 0.717) is 69.0 Å². The number of para-hydroxylation sites is 1. The molecule has 7 rings (SSSR count). The van der Waals surface area contributed by atoms with E-state index in [4.69, 9.17) is 13.9 Å². The lowest BCUT2D eigenvalue weighted by Gasteiger charge is -2.38. The molecule has 4 aliphatic heterocycles. The van der Waals surface area contributed by atoms with E-state index in [0.717, 1.165) is 67.2 Å². The zero-order chi connectivity index (χ0) is 44.5. The van der Waals surface area contributed by atoms with E-state index in [2.05, 4.69) is 24.1 Å². The molecule has 2 aromatic carbocycles. The van der Waals surface area contributed by atoms with Gasteiger partial charge in [-0.2, -0.15) is 0 Å². The minimum absolute atomic E-state index is 0. The van der Waals surface area contributed by atoms with Gasteiger partial charge in [-0.1, -0.05) is 45.5 Å². The predicted molar refractivity (Wildman–Crippen MR) is 241 cm³/mol. The van der Waals surface area contributed by atoms with Crippen LogP contribution in [0.5, 0.6) is 0 Å². The summed E-state index contributed by atoms with van der Waals surface area (Å²) in [4.78, 5) is 84.1. The number of benzene rings is 2. The molecule has 16 heteroatoms. The summed E-state index contributed by atoms with van der Waals surface area (Å²) in [5.41, 5.74) is 4.72. The molecule has 1 aromatic heterocycles. The molecule has 63 heavy (non-hydrogen) atoms. The van der Waals surface area contributed by atoms with Gasteiger partial charge in [0, 0.05) is 78.6 Å². The van der Waals surface area contributed by atoms with Gasteiger partial charge in [0.2, 0.25) is 0 Å². The first-order valence-electron chi connectivity index (χ1n) is 22.2. The molecule has 4 aliphatic rings. The molecule has 3 fully saturated rings. The summed E-state index contributed by atoms with van der Waals surface area (Å²) < 4.78 is 17.8. The van der Waals surface area contributed by atoms with Crippen molar-refractivity contribution in [1.82, 2.24) is 29.1 Å². The van der Waals surface area contributed by atoms with Crippen molar-refractivity contribution in [3.05, 3.63) is 63.6 Å². The molecule has 0 radical (unpaired) electrons. The van der Waals surface area contributed by atoms with Crippen LogP contribution >= 0.6 is 0 Å². The first-order chi connectivity index (χ1) is 29.7. The zero-order valence-corrected chi connectivity index (χ0v) is 37.4. The number of anilines is 1. The Morgan fingerprint density at radius 3 is 2.17 bits per heavy atom. The number of rotatable bonds is 10. The van der Waals surface area contributed by atoms with E-state index in [1.54, 1.807) is 37.0 Å². The van der Waals surface area contributed by atoms with E-state index < -0.39 is 18.0 Å². The number of ether oxygens (including phenoxy) is 2. The molecule has 1 atom stereocenters. The van der Waals surface area contributed by atoms with Gasteiger partial charge in [0.15, 0.2) is 18.3 Å². The molecule has 5 amide bonds. The highest BCUT2D eigenvalue weighted by molar-refractivity contribution is 5.91. The highest BCUT2D eigenvalue weighted by Crippen LogP contribution is 2.27. The van der Waals surface area contributed by atoms with Crippen molar-refractivity contribution in [3.63, 3.8) is 0 Å². The van der Waals surface area contributed by atoms with Crippen molar-refractivity contribution >= 4 is 46.7 Å². The van der Waals surface area contributed by atoms with Crippen LogP contribution in [0.3, 0.4) is 0 Å². The highest BCUT2D eigenvalue weighted by Gasteiger charge is 2.35. The van der Waals surface area contributed by atoms with Crippen LogP contribution in [0.1, 0.15) is 82.9 Å². The summed E-state index contributed by atoms with van der Waals surface area (Å²) in [5, 5.41) is 3.03. The van der Waals surface area contributed by atoms with Crippen molar-refractivity contribution in [2.45, 2.75) is 98.1 Å². The third kappa shape index (κ3) is 12.9. The van der Waals surface area contributed by atoms with E-state index >= 15 is 0 Å². The molecule has 1 N–H and O–H groups in total. The summed E-state index contributed by atoms with van der Waals surface area (Å²) in [6.45, 7) is 11.8. The van der Waals surface area contributed by atoms with E-state index in [1.165, 1.54) is 22.3 Å². The minimum Gasteiger partial charge on any atom is -0.456 e. The number of aromatic nitrogens is 1. The third-order valence-electron chi connectivity index (χ3n) is 12.8. The first-order valence-corrected chi connectivity index (χ1v) is 22.2. The monoisotopic (exact) mass is 876 g/mol. The van der Waals surface area contributed by atoms with Gasteiger partial charge in [-0.15, -0.1) is 0 Å². The average Bonchev–Trinajstić information content (AvgIpc) is 3.43. The largest absolute Gasteiger partial charge is 0.456 e. The number of aryl methyl sites for hydroxylation is 2. The number of carbonyl (C=O) groups excluding carboxylic acids is 5. The number of hydrogen-bond acceptors (Lipinski definition) is 10. The van der Waals surface area contributed by atoms with Crippen LogP contribution < -0.4 is 11.1 Å². The lowest BCUT2D eigenvalue weighted by molar-refractivity contribution is -0.151. The van der Waals surface area contributed by atoms with Crippen LogP contribution in [0.25, 0.3) is 11.1 Å². The van der Waals surface area contributed by atoms with Gasteiger partial charge in [-0.25, -0.2) is 14.4 Å². The fraction of sp³-hybridized carbons (Fsp3) is 0.617. The second kappa shape index (κ2) is 22.3. The average molecular weight is 876 g/mol. The van der Waals surface area contributed by atoms with Crippen LogP contribution in [0, 0.1) is 18.8 Å². The van der Waals surface area contributed by atoms with Crippen molar-refractivity contribution in [1.29, 1.82) is 0 Å². The molecule has 0 unspecified atom stereocenters. The molecule has 0 spiro atoms. The standard InChI is InChI=1S/C33H41N5O6.C13H24N2O3.CH4/c1-21-8-13-36(14-9-21)30(39)28(20-23-18-22(2)29-27(19-23)43-32(41)35(29)3)44-33(42)37-15-11-25(12-16-37)38-17-10-24-6-4-5-7-26(24)34-31(38)40;1-11-4-7-15(8-5-11)9-6-13(17)18-10-12(16)14(2)3;/h4-7,18-19,21,25,28H,8-17,20H2,1-3H3,(H,34,40);11H,4-10H2,1-3H3;1H4/t28-;;/m1../s1.